The molecule has 3 aromatic rings. The van der Waals surface area contributed by atoms with Crippen molar-refractivity contribution in [2.75, 3.05) is 19.7 Å². The van der Waals surface area contributed by atoms with E-state index in [1.807, 2.05) is 26.0 Å². The molecule has 2 aromatic heterocycles. The molecule has 8 heteroatoms. The second kappa shape index (κ2) is 8.12. The number of aromatic hydroxyl groups is 1. The summed E-state index contributed by atoms with van der Waals surface area (Å²) in [4.78, 5) is 19.5. The maximum absolute atomic E-state index is 12.1. The fraction of sp³-hybridized carbons (Fsp3) is 0.476. The Morgan fingerprint density at radius 3 is 2.72 bits per heavy atom. The van der Waals surface area contributed by atoms with Gasteiger partial charge in [-0.1, -0.05) is 35.6 Å². The molecule has 0 unspecified atom stereocenters. The summed E-state index contributed by atoms with van der Waals surface area (Å²) in [6, 6.07) is 8.28. The summed E-state index contributed by atoms with van der Waals surface area (Å²) in [6.07, 6.45) is 1.58. The molecule has 1 aliphatic rings. The Balaban J connectivity index is 1.69. The van der Waals surface area contributed by atoms with Crippen LogP contribution in [0.3, 0.4) is 0 Å². The minimum Gasteiger partial charge on any atom is -0.492 e. The molecule has 0 radical (unpaired) electrons. The number of carbonyl (C=O) groups is 1. The molecule has 154 valence electrons. The third-order valence-corrected chi connectivity index (χ3v) is 6.81. The van der Waals surface area contributed by atoms with Gasteiger partial charge in [-0.2, -0.15) is 4.52 Å². The summed E-state index contributed by atoms with van der Waals surface area (Å²) in [5.74, 6) is 0.692. The number of hydrogen-bond donors (Lipinski definition) is 2. The summed E-state index contributed by atoms with van der Waals surface area (Å²) < 4.78 is 6.75. The summed E-state index contributed by atoms with van der Waals surface area (Å²) in [5, 5.41) is 15.3. The number of thiazole rings is 1. The molecule has 1 atom stereocenters. The van der Waals surface area contributed by atoms with Crippen molar-refractivity contribution in [2.45, 2.75) is 39.7 Å². The highest BCUT2D eigenvalue weighted by atomic mass is 32.1. The quantitative estimate of drug-likeness (QED) is 0.624. The number of carbonyl (C=O) groups excluding carboxylic acids is 1. The van der Waals surface area contributed by atoms with E-state index in [0.29, 0.717) is 17.4 Å². The van der Waals surface area contributed by atoms with Crippen LogP contribution in [0.25, 0.3) is 4.96 Å². The predicted octanol–water partition coefficient (Wildman–Crippen LogP) is 2.06. The van der Waals surface area contributed by atoms with Crippen LogP contribution in [0.4, 0.5) is 0 Å². The normalized spacial score (nSPS) is 20.7. The summed E-state index contributed by atoms with van der Waals surface area (Å²) >= 11 is 1.49. The summed E-state index contributed by atoms with van der Waals surface area (Å²) in [6.45, 7) is 7.88. The number of aromatic nitrogens is 3. The fourth-order valence-electron chi connectivity index (χ4n) is 4.27. The largest absolute Gasteiger partial charge is 0.492 e. The van der Waals surface area contributed by atoms with Gasteiger partial charge in [0.25, 0.3) is 0 Å². The van der Waals surface area contributed by atoms with Crippen LogP contribution in [-0.2, 0) is 9.53 Å². The van der Waals surface area contributed by atoms with Crippen LogP contribution >= 0.6 is 11.3 Å². The molecule has 1 fully saturated rings. The molecule has 1 aromatic carbocycles. The van der Waals surface area contributed by atoms with Crippen LogP contribution in [0.5, 0.6) is 5.88 Å². The van der Waals surface area contributed by atoms with E-state index in [9.17, 15) is 9.90 Å². The van der Waals surface area contributed by atoms with Crippen LogP contribution in [0, 0.1) is 19.8 Å². The molecule has 2 N–H and O–H groups in total. The Bertz CT molecular complexity index is 1020. The maximum Gasteiger partial charge on any atom is 0.309 e. The van der Waals surface area contributed by atoms with Crippen molar-refractivity contribution in [1.82, 2.24) is 14.6 Å². The van der Waals surface area contributed by atoms with E-state index in [-0.39, 0.29) is 23.8 Å². The third kappa shape index (κ3) is 3.74. The third-order valence-electron chi connectivity index (χ3n) is 5.72. The Hall–Kier alpha value is -2.45. The second-order valence-electron chi connectivity index (χ2n) is 7.62. The van der Waals surface area contributed by atoms with Crippen molar-refractivity contribution in [3.05, 3.63) is 46.1 Å². The molecule has 0 bridgehead atoms. The first kappa shape index (κ1) is 19.8. The van der Waals surface area contributed by atoms with Gasteiger partial charge in [0.1, 0.15) is 10.7 Å². The molecule has 7 nitrogen and oxygen atoms in total. The minimum atomic E-state index is -0.0869. The van der Waals surface area contributed by atoms with Gasteiger partial charge in [-0.15, -0.1) is 5.10 Å². The van der Waals surface area contributed by atoms with Gasteiger partial charge in [-0.3, -0.25) is 4.79 Å². The van der Waals surface area contributed by atoms with Crippen molar-refractivity contribution in [3.8, 4) is 5.88 Å². The number of esters is 1. The Labute approximate surface area is 173 Å². The average Bonchev–Trinajstić information content (AvgIpc) is 3.22. The molecule has 1 aliphatic heterocycles. The van der Waals surface area contributed by atoms with Crippen LogP contribution in [0.1, 0.15) is 47.6 Å². The molecule has 29 heavy (non-hydrogen) atoms. The Morgan fingerprint density at radius 1 is 1.34 bits per heavy atom. The number of hydrogen-bond acceptors (Lipinski definition) is 6. The molecular weight excluding hydrogens is 388 g/mol. The van der Waals surface area contributed by atoms with Crippen molar-refractivity contribution in [1.29, 1.82) is 0 Å². The molecule has 0 saturated carbocycles. The van der Waals surface area contributed by atoms with Crippen LogP contribution in [-0.4, -0.2) is 45.4 Å². The van der Waals surface area contributed by atoms with Crippen molar-refractivity contribution < 1.29 is 19.5 Å². The number of piperidine rings is 1. The standard InChI is InChI=1S/C21H26N4O3S/c1-4-28-20(27)15-9-11-24(12-10-15)17(16-8-6-5-7-13(16)2)18-19(26)25-21(29-18)22-14(3)23-25/h5-8,15,17,26H,4,9-12H2,1-3H3/p+1/t17-/m1/s1. The molecule has 0 spiro atoms. The topological polar surface area (TPSA) is 81.2 Å². The molecular formula is C21H27N4O3S+. The maximum atomic E-state index is 12.1. The van der Waals surface area contributed by atoms with Crippen molar-refractivity contribution >= 4 is 22.3 Å². The first-order valence-electron chi connectivity index (χ1n) is 10.1. The zero-order valence-corrected chi connectivity index (χ0v) is 17.8. The van der Waals surface area contributed by atoms with Gasteiger partial charge in [0, 0.05) is 18.4 Å². The van der Waals surface area contributed by atoms with Gasteiger partial charge < -0.3 is 14.7 Å². The van der Waals surface area contributed by atoms with Gasteiger partial charge in [0.15, 0.2) is 6.04 Å². The molecule has 3 heterocycles. The monoisotopic (exact) mass is 415 g/mol. The first-order valence-corrected chi connectivity index (χ1v) is 10.9. The number of nitrogens with one attached hydrogen (secondary N) is 1. The first-order chi connectivity index (χ1) is 14.0. The number of nitrogens with zero attached hydrogens (tertiary/aromatic N) is 3. The van der Waals surface area contributed by atoms with Gasteiger partial charge in [0.05, 0.1) is 25.6 Å². The van der Waals surface area contributed by atoms with E-state index >= 15 is 0 Å². The SMILES string of the molecule is CCOC(=O)C1CC[NH+]([C@H](c2ccccc2C)c2sc3nc(C)nn3c2O)CC1. The number of ether oxygens (including phenoxy) is 1. The molecule has 1 saturated heterocycles. The number of rotatable bonds is 5. The summed E-state index contributed by atoms with van der Waals surface area (Å²) in [7, 11) is 0. The number of benzene rings is 1. The average molecular weight is 416 g/mol. The minimum absolute atomic E-state index is 0.0202. The van der Waals surface area contributed by atoms with Gasteiger partial charge in [-0.25, -0.2) is 4.98 Å². The lowest BCUT2D eigenvalue weighted by Gasteiger charge is -2.34. The highest BCUT2D eigenvalue weighted by Crippen LogP contribution is 2.36. The lowest BCUT2D eigenvalue weighted by molar-refractivity contribution is -0.930. The second-order valence-corrected chi connectivity index (χ2v) is 8.63. The predicted molar refractivity (Wildman–Crippen MR) is 110 cm³/mol. The molecule has 4 rings (SSSR count). The van der Waals surface area contributed by atoms with E-state index in [0.717, 1.165) is 30.8 Å². The Kier molecular flexibility index (Phi) is 5.56. The van der Waals surface area contributed by atoms with Gasteiger partial charge >= 0.3 is 5.97 Å². The van der Waals surface area contributed by atoms with E-state index in [1.165, 1.54) is 31.9 Å². The van der Waals surface area contributed by atoms with E-state index in [4.69, 9.17) is 4.74 Å². The van der Waals surface area contributed by atoms with E-state index in [1.54, 1.807) is 0 Å². The van der Waals surface area contributed by atoms with Crippen LogP contribution in [0.15, 0.2) is 24.3 Å². The highest BCUT2D eigenvalue weighted by molar-refractivity contribution is 7.17. The number of likely N-dealkylation sites (tertiary alicyclic amines) is 1. The van der Waals surface area contributed by atoms with E-state index in [2.05, 4.69) is 29.1 Å². The number of aryl methyl sites for hydroxylation is 2. The highest BCUT2D eigenvalue weighted by Gasteiger charge is 2.37. The van der Waals surface area contributed by atoms with Crippen LogP contribution in [0.2, 0.25) is 0 Å². The van der Waals surface area contributed by atoms with Crippen LogP contribution < -0.4 is 4.90 Å². The van der Waals surface area contributed by atoms with Crippen molar-refractivity contribution in [3.63, 3.8) is 0 Å². The number of fused-ring (bicyclic) bond motifs is 1. The van der Waals surface area contributed by atoms with Crippen molar-refractivity contribution in [2.24, 2.45) is 5.92 Å². The zero-order chi connectivity index (χ0) is 20.5. The summed E-state index contributed by atoms with van der Waals surface area (Å²) in [5.41, 5.74) is 2.38. The number of quaternary nitrogens is 1. The lowest BCUT2D eigenvalue weighted by Crippen LogP contribution is -3.13. The molecule has 0 amide bonds. The van der Waals surface area contributed by atoms with E-state index < -0.39 is 0 Å². The fourth-order valence-corrected chi connectivity index (χ4v) is 5.44. The van der Waals surface area contributed by atoms with Gasteiger partial charge in [-0.05, 0) is 26.3 Å². The molecule has 0 aliphatic carbocycles. The van der Waals surface area contributed by atoms with Gasteiger partial charge in [0.2, 0.25) is 10.8 Å². The smallest absolute Gasteiger partial charge is 0.309 e. The lowest BCUT2D eigenvalue weighted by atomic mass is 9.92. The zero-order valence-electron chi connectivity index (χ0n) is 17.0. The Morgan fingerprint density at radius 2 is 2.07 bits per heavy atom.